The first kappa shape index (κ1) is 32.0. The molecule has 45 heavy (non-hydrogen) atoms. The van der Waals surface area contributed by atoms with E-state index in [9.17, 15) is 18.8 Å². The lowest BCUT2D eigenvalue weighted by molar-refractivity contribution is -0.115. The zero-order valence-electron chi connectivity index (χ0n) is 26.3. The fourth-order valence-corrected chi connectivity index (χ4v) is 5.34. The Morgan fingerprint density at radius 2 is 1.84 bits per heavy atom. The van der Waals surface area contributed by atoms with Crippen LogP contribution in [0, 0.1) is 18.8 Å². The molecule has 0 unspecified atom stereocenters. The Labute approximate surface area is 260 Å². The molecule has 0 spiro atoms. The smallest absolute Gasteiger partial charge is 0.410 e. The summed E-state index contributed by atoms with van der Waals surface area (Å²) in [6.07, 6.45) is 7.07. The van der Waals surface area contributed by atoms with Gasteiger partial charge >= 0.3 is 6.09 Å². The molecule has 3 saturated heterocycles. The first-order valence-corrected chi connectivity index (χ1v) is 15.0. The standard InChI is InChI=1S/C21H25FN8O2.C9H15NO3/c1-13-7-30-12-17(27-21(32-2)19(30)25-13)26-20(31)16-5-24-18(6-23-16)29-9-14(10-29)8-28-4-3-15(22)11-28;1-9(2,3)13-8(12)10-4-7(5-10)6-11/h5-7,12,14-15H,3-4,8-11H2,1-2H3,(H,26,31);6-7H,4-5H2,1-3H3/t15-;/m0./s1. The Kier molecular flexibility index (Phi) is 9.46. The van der Waals surface area contributed by atoms with Gasteiger partial charge in [0.05, 0.1) is 37.3 Å². The molecule has 3 aliphatic heterocycles. The van der Waals surface area contributed by atoms with Crippen LogP contribution in [0.5, 0.6) is 5.88 Å². The van der Waals surface area contributed by atoms with Gasteiger partial charge in [-0.2, -0.15) is 4.98 Å². The van der Waals surface area contributed by atoms with Crippen LogP contribution in [0.15, 0.2) is 24.8 Å². The molecule has 0 aromatic carbocycles. The summed E-state index contributed by atoms with van der Waals surface area (Å²) in [6.45, 7) is 12.4. The average molecular weight is 626 g/mol. The van der Waals surface area contributed by atoms with Crippen molar-refractivity contribution in [1.82, 2.24) is 34.1 Å². The molecule has 3 aliphatic rings. The predicted octanol–water partition coefficient (Wildman–Crippen LogP) is 2.62. The van der Waals surface area contributed by atoms with Crippen molar-refractivity contribution in [2.24, 2.45) is 11.8 Å². The number of amides is 2. The van der Waals surface area contributed by atoms with Crippen LogP contribution in [-0.2, 0) is 9.53 Å². The fourth-order valence-electron chi connectivity index (χ4n) is 5.34. The number of aldehydes is 1. The summed E-state index contributed by atoms with van der Waals surface area (Å²) in [5.41, 5.74) is 1.13. The Balaban J connectivity index is 0.000000259. The molecule has 15 heteroatoms. The van der Waals surface area contributed by atoms with Crippen molar-refractivity contribution in [3.05, 3.63) is 36.2 Å². The normalized spacial score (nSPS) is 18.9. The van der Waals surface area contributed by atoms with Gasteiger partial charge in [0.1, 0.15) is 29.6 Å². The number of carbonyl (C=O) groups excluding carboxylic acids is 3. The summed E-state index contributed by atoms with van der Waals surface area (Å²) in [5.74, 6) is 1.48. The second-order valence-electron chi connectivity index (χ2n) is 12.7. The Bertz CT molecular complexity index is 1510. The number of rotatable bonds is 7. The first-order chi connectivity index (χ1) is 21.4. The van der Waals surface area contributed by atoms with Gasteiger partial charge in [-0.3, -0.25) is 14.1 Å². The van der Waals surface area contributed by atoms with Crippen LogP contribution in [0.4, 0.5) is 20.8 Å². The largest absolute Gasteiger partial charge is 0.478 e. The number of anilines is 2. The number of alkyl halides is 1. The number of hydrogen-bond acceptors (Lipinski definition) is 11. The first-order valence-electron chi connectivity index (χ1n) is 15.0. The summed E-state index contributed by atoms with van der Waals surface area (Å²) < 4.78 is 25.5. The van der Waals surface area contributed by atoms with E-state index in [1.807, 2.05) is 33.9 Å². The molecule has 1 N–H and O–H groups in total. The Morgan fingerprint density at radius 1 is 1.09 bits per heavy atom. The summed E-state index contributed by atoms with van der Waals surface area (Å²) >= 11 is 0. The summed E-state index contributed by atoms with van der Waals surface area (Å²) in [5, 5.41) is 2.73. The number of imidazole rings is 1. The van der Waals surface area contributed by atoms with E-state index in [0.717, 1.165) is 44.0 Å². The molecule has 3 aromatic heterocycles. The molecule has 6 rings (SSSR count). The molecule has 0 bridgehead atoms. The third-order valence-electron chi connectivity index (χ3n) is 7.60. The van der Waals surface area contributed by atoms with Crippen LogP contribution < -0.4 is 15.0 Å². The van der Waals surface area contributed by atoms with Crippen molar-refractivity contribution in [3.8, 4) is 5.88 Å². The monoisotopic (exact) mass is 625 g/mol. The number of carbonyl (C=O) groups is 3. The second-order valence-corrected chi connectivity index (χ2v) is 12.7. The van der Waals surface area contributed by atoms with Crippen LogP contribution in [0.1, 0.15) is 43.4 Å². The zero-order valence-corrected chi connectivity index (χ0v) is 26.3. The third-order valence-corrected chi connectivity index (χ3v) is 7.60. The van der Waals surface area contributed by atoms with E-state index in [-0.39, 0.29) is 17.7 Å². The van der Waals surface area contributed by atoms with E-state index >= 15 is 0 Å². The van der Waals surface area contributed by atoms with Gasteiger partial charge in [-0.15, -0.1) is 0 Å². The quantitative estimate of drug-likeness (QED) is 0.387. The maximum absolute atomic E-state index is 13.3. The van der Waals surface area contributed by atoms with Gasteiger partial charge in [0, 0.05) is 57.9 Å². The Morgan fingerprint density at radius 3 is 2.44 bits per heavy atom. The van der Waals surface area contributed by atoms with Crippen LogP contribution in [0.2, 0.25) is 0 Å². The molecule has 0 aliphatic carbocycles. The van der Waals surface area contributed by atoms with E-state index in [1.165, 1.54) is 18.2 Å². The number of nitrogens with zero attached hydrogens (tertiary/aromatic N) is 8. The molecule has 3 fully saturated rings. The number of aromatic nitrogens is 5. The highest BCUT2D eigenvalue weighted by atomic mass is 19.1. The summed E-state index contributed by atoms with van der Waals surface area (Å²) in [6, 6.07) is 0. The van der Waals surface area contributed by atoms with Crippen molar-refractivity contribution >= 4 is 35.6 Å². The lowest BCUT2D eigenvalue weighted by Gasteiger charge is -2.41. The van der Waals surface area contributed by atoms with E-state index in [4.69, 9.17) is 9.47 Å². The van der Waals surface area contributed by atoms with E-state index < -0.39 is 17.7 Å². The lowest BCUT2D eigenvalue weighted by Crippen LogP contribution is -2.52. The second kappa shape index (κ2) is 13.3. The molecule has 3 aromatic rings. The van der Waals surface area contributed by atoms with Gasteiger partial charge in [0.15, 0.2) is 5.82 Å². The van der Waals surface area contributed by atoms with Crippen molar-refractivity contribution in [2.45, 2.75) is 45.9 Å². The highest BCUT2D eigenvalue weighted by Crippen LogP contribution is 2.25. The number of halogens is 1. The maximum atomic E-state index is 13.3. The Hall–Kier alpha value is -4.40. The van der Waals surface area contributed by atoms with Crippen LogP contribution in [-0.4, -0.2) is 117 Å². The topological polar surface area (TPSA) is 147 Å². The van der Waals surface area contributed by atoms with Gasteiger partial charge in [-0.1, -0.05) is 0 Å². The van der Waals surface area contributed by atoms with Crippen molar-refractivity contribution in [3.63, 3.8) is 0 Å². The van der Waals surface area contributed by atoms with Crippen LogP contribution in [0.3, 0.4) is 0 Å². The van der Waals surface area contributed by atoms with Gasteiger partial charge < -0.3 is 29.4 Å². The molecule has 0 saturated carbocycles. The minimum Gasteiger partial charge on any atom is -0.478 e. The fraction of sp³-hybridized carbons (Fsp3) is 0.567. The summed E-state index contributed by atoms with van der Waals surface area (Å²) in [7, 11) is 1.51. The molecule has 14 nitrogen and oxygen atoms in total. The van der Waals surface area contributed by atoms with Gasteiger partial charge in [-0.05, 0) is 34.1 Å². The van der Waals surface area contributed by atoms with Crippen molar-refractivity contribution in [2.75, 3.05) is 63.1 Å². The molecule has 0 radical (unpaired) electrons. The molecule has 6 heterocycles. The number of ether oxygens (including phenoxy) is 2. The van der Waals surface area contributed by atoms with Crippen LogP contribution >= 0.6 is 0 Å². The number of methoxy groups -OCH3 is 1. The number of fused-ring (bicyclic) bond motifs is 1. The number of hydrogen-bond donors (Lipinski definition) is 1. The highest BCUT2D eigenvalue weighted by Gasteiger charge is 2.34. The number of likely N-dealkylation sites (tertiary alicyclic amines) is 2. The molecular weight excluding hydrogens is 585 g/mol. The number of nitrogens with one attached hydrogen (secondary N) is 1. The SMILES string of the molecule is CC(C)(C)OC(=O)N1CC(C=O)C1.COc1nc(NC(=O)c2cnc(N3CC(CN4CC[C@H](F)C4)C3)cn2)cn2cc(C)nc12. The molecule has 1 atom stereocenters. The molecule has 2 amide bonds. The highest BCUT2D eigenvalue weighted by molar-refractivity contribution is 6.02. The molecule has 242 valence electrons. The predicted molar refractivity (Wildman–Crippen MR) is 163 cm³/mol. The van der Waals surface area contributed by atoms with Crippen LogP contribution in [0.25, 0.3) is 5.65 Å². The van der Waals surface area contributed by atoms with Crippen molar-refractivity contribution in [1.29, 1.82) is 0 Å². The minimum absolute atomic E-state index is 0.00696. The molecular formula is C30H40FN9O5. The zero-order chi connectivity index (χ0) is 32.3. The van der Waals surface area contributed by atoms with Gasteiger partial charge in [-0.25, -0.2) is 24.1 Å². The number of aryl methyl sites for hydroxylation is 1. The lowest BCUT2D eigenvalue weighted by atomic mass is 10.00. The van der Waals surface area contributed by atoms with E-state index in [1.54, 1.807) is 16.8 Å². The average Bonchev–Trinajstić information content (AvgIpc) is 3.52. The van der Waals surface area contributed by atoms with Gasteiger partial charge in [0.2, 0.25) is 5.65 Å². The van der Waals surface area contributed by atoms with Gasteiger partial charge in [0.25, 0.3) is 11.8 Å². The van der Waals surface area contributed by atoms with E-state index in [2.05, 4.69) is 35.1 Å². The maximum Gasteiger partial charge on any atom is 0.410 e. The van der Waals surface area contributed by atoms with Crippen molar-refractivity contribution < 1.29 is 28.2 Å². The third kappa shape index (κ3) is 8.01. The summed E-state index contributed by atoms with van der Waals surface area (Å²) in [4.78, 5) is 57.3. The minimum atomic E-state index is -0.682. The van der Waals surface area contributed by atoms with E-state index in [0.29, 0.717) is 49.3 Å².